The molecule has 0 bridgehead atoms. The van der Waals surface area contributed by atoms with E-state index in [0.717, 1.165) is 30.8 Å². The van der Waals surface area contributed by atoms with Crippen molar-refractivity contribution in [3.8, 4) is 6.07 Å². The molecule has 2 fully saturated rings. The van der Waals surface area contributed by atoms with Gasteiger partial charge in [0.05, 0.1) is 24.3 Å². The SMILES string of the molecule is N#Cc1ccccc1CN1CCO[C@H]2CCCC[C@H]21. The maximum Gasteiger partial charge on any atom is 0.0995 e. The molecule has 3 nitrogen and oxygen atoms in total. The summed E-state index contributed by atoms with van der Waals surface area (Å²) in [6, 6.07) is 10.8. The normalized spacial score (nSPS) is 27.5. The van der Waals surface area contributed by atoms with Crippen LogP contribution in [0.5, 0.6) is 0 Å². The molecule has 1 aromatic rings. The Hall–Kier alpha value is -1.37. The number of rotatable bonds is 2. The van der Waals surface area contributed by atoms with Crippen LogP contribution in [-0.2, 0) is 11.3 Å². The molecule has 0 aromatic heterocycles. The average molecular weight is 256 g/mol. The van der Waals surface area contributed by atoms with Gasteiger partial charge in [0.1, 0.15) is 0 Å². The van der Waals surface area contributed by atoms with Crippen LogP contribution < -0.4 is 0 Å². The van der Waals surface area contributed by atoms with Gasteiger partial charge in [0, 0.05) is 19.1 Å². The quantitative estimate of drug-likeness (QED) is 0.816. The van der Waals surface area contributed by atoms with E-state index in [1.807, 2.05) is 18.2 Å². The van der Waals surface area contributed by atoms with Crippen LogP contribution in [0.3, 0.4) is 0 Å². The lowest BCUT2D eigenvalue weighted by Gasteiger charge is -2.44. The summed E-state index contributed by atoms with van der Waals surface area (Å²) in [5, 5.41) is 9.19. The van der Waals surface area contributed by atoms with E-state index >= 15 is 0 Å². The lowest BCUT2D eigenvalue weighted by atomic mass is 9.89. The summed E-state index contributed by atoms with van der Waals surface area (Å²) in [6.07, 6.45) is 5.45. The Balaban J connectivity index is 1.76. The topological polar surface area (TPSA) is 36.3 Å². The fourth-order valence-corrected chi connectivity index (χ4v) is 3.36. The molecule has 2 aliphatic rings. The number of benzene rings is 1. The van der Waals surface area contributed by atoms with E-state index in [0.29, 0.717) is 12.1 Å². The summed E-state index contributed by atoms with van der Waals surface area (Å²) in [6.45, 7) is 2.70. The molecule has 19 heavy (non-hydrogen) atoms. The molecule has 0 radical (unpaired) electrons. The average Bonchev–Trinajstić information content (AvgIpc) is 2.48. The van der Waals surface area contributed by atoms with Crippen LogP contribution in [0.1, 0.15) is 36.8 Å². The number of morpholine rings is 1. The predicted molar refractivity (Wildman–Crippen MR) is 73.6 cm³/mol. The zero-order chi connectivity index (χ0) is 13.1. The standard InChI is InChI=1S/C16H20N2O/c17-11-13-5-1-2-6-14(13)12-18-9-10-19-16-8-4-3-7-15(16)18/h1-2,5-6,15-16H,3-4,7-10,12H2/t15-,16+/m1/s1. The summed E-state index contributed by atoms with van der Waals surface area (Å²) in [5.74, 6) is 0. The Labute approximate surface area is 114 Å². The highest BCUT2D eigenvalue weighted by atomic mass is 16.5. The molecule has 1 aromatic carbocycles. The molecule has 1 heterocycles. The van der Waals surface area contributed by atoms with Crippen molar-refractivity contribution in [1.29, 1.82) is 5.26 Å². The van der Waals surface area contributed by atoms with E-state index < -0.39 is 0 Å². The first-order chi connectivity index (χ1) is 9.38. The molecule has 2 atom stereocenters. The van der Waals surface area contributed by atoms with Gasteiger partial charge >= 0.3 is 0 Å². The van der Waals surface area contributed by atoms with Crippen molar-refractivity contribution in [2.24, 2.45) is 0 Å². The molecule has 100 valence electrons. The van der Waals surface area contributed by atoms with Gasteiger partial charge in [0.2, 0.25) is 0 Å². The van der Waals surface area contributed by atoms with Crippen LogP contribution in [-0.4, -0.2) is 30.2 Å². The van der Waals surface area contributed by atoms with Crippen molar-refractivity contribution in [3.05, 3.63) is 35.4 Å². The Bertz CT molecular complexity index is 478. The van der Waals surface area contributed by atoms with Crippen molar-refractivity contribution in [2.75, 3.05) is 13.2 Å². The second-order valence-electron chi connectivity index (χ2n) is 5.50. The number of ether oxygens (including phenoxy) is 1. The lowest BCUT2D eigenvalue weighted by molar-refractivity contribution is -0.0911. The summed E-state index contributed by atoms with van der Waals surface area (Å²) < 4.78 is 5.90. The van der Waals surface area contributed by atoms with Gasteiger partial charge in [0.25, 0.3) is 0 Å². The van der Waals surface area contributed by atoms with Crippen molar-refractivity contribution < 1.29 is 4.74 Å². The summed E-state index contributed by atoms with van der Waals surface area (Å²) in [5.41, 5.74) is 1.96. The molecule has 1 aliphatic carbocycles. The largest absolute Gasteiger partial charge is 0.375 e. The Morgan fingerprint density at radius 2 is 2.11 bits per heavy atom. The van der Waals surface area contributed by atoms with E-state index in [2.05, 4.69) is 17.0 Å². The fourth-order valence-electron chi connectivity index (χ4n) is 3.36. The van der Waals surface area contributed by atoms with E-state index in [4.69, 9.17) is 4.74 Å². The second-order valence-corrected chi connectivity index (χ2v) is 5.50. The van der Waals surface area contributed by atoms with Crippen molar-refractivity contribution in [3.63, 3.8) is 0 Å². The highest BCUT2D eigenvalue weighted by Crippen LogP contribution is 2.29. The van der Waals surface area contributed by atoms with Gasteiger partial charge in [-0.05, 0) is 24.5 Å². The number of hydrogen-bond acceptors (Lipinski definition) is 3. The van der Waals surface area contributed by atoms with Crippen LogP contribution in [0.4, 0.5) is 0 Å². The molecule has 0 unspecified atom stereocenters. The summed E-state index contributed by atoms with van der Waals surface area (Å²) in [4.78, 5) is 2.52. The molecule has 3 rings (SSSR count). The van der Waals surface area contributed by atoms with Crippen LogP contribution in [0.2, 0.25) is 0 Å². The lowest BCUT2D eigenvalue weighted by Crippen LogP contribution is -2.52. The number of nitriles is 1. The Kier molecular flexibility index (Phi) is 3.82. The zero-order valence-electron chi connectivity index (χ0n) is 11.2. The Morgan fingerprint density at radius 3 is 3.00 bits per heavy atom. The first-order valence-electron chi connectivity index (χ1n) is 7.22. The van der Waals surface area contributed by atoms with E-state index in [1.54, 1.807) is 0 Å². The molecule has 1 aliphatic heterocycles. The van der Waals surface area contributed by atoms with Crippen molar-refractivity contribution >= 4 is 0 Å². The maximum absolute atomic E-state index is 9.19. The van der Waals surface area contributed by atoms with Crippen LogP contribution in [0.15, 0.2) is 24.3 Å². The third kappa shape index (κ3) is 2.65. The van der Waals surface area contributed by atoms with Crippen molar-refractivity contribution in [1.82, 2.24) is 4.90 Å². The van der Waals surface area contributed by atoms with Crippen molar-refractivity contribution in [2.45, 2.75) is 44.4 Å². The number of hydrogen-bond donors (Lipinski definition) is 0. The van der Waals surface area contributed by atoms with E-state index in [-0.39, 0.29) is 0 Å². The van der Waals surface area contributed by atoms with Crippen LogP contribution in [0, 0.1) is 11.3 Å². The van der Waals surface area contributed by atoms with Crippen LogP contribution >= 0.6 is 0 Å². The monoisotopic (exact) mass is 256 g/mol. The van der Waals surface area contributed by atoms with E-state index in [1.165, 1.54) is 25.7 Å². The molecule has 0 spiro atoms. The van der Waals surface area contributed by atoms with Gasteiger partial charge in [0.15, 0.2) is 0 Å². The summed E-state index contributed by atoms with van der Waals surface area (Å²) >= 11 is 0. The molecular formula is C16H20N2O. The van der Waals surface area contributed by atoms with Gasteiger partial charge in [-0.3, -0.25) is 4.90 Å². The highest BCUT2D eigenvalue weighted by molar-refractivity contribution is 5.37. The third-order valence-electron chi connectivity index (χ3n) is 4.36. The zero-order valence-corrected chi connectivity index (χ0v) is 11.2. The van der Waals surface area contributed by atoms with Gasteiger partial charge in [-0.25, -0.2) is 0 Å². The number of nitrogens with zero attached hydrogens (tertiary/aromatic N) is 2. The minimum Gasteiger partial charge on any atom is -0.375 e. The molecule has 3 heteroatoms. The third-order valence-corrected chi connectivity index (χ3v) is 4.36. The minimum absolute atomic E-state index is 0.414. The Morgan fingerprint density at radius 1 is 1.26 bits per heavy atom. The predicted octanol–water partition coefficient (Wildman–Crippen LogP) is 2.70. The smallest absolute Gasteiger partial charge is 0.0995 e. The molecule has 1 saturated carbocycles. The van der Waals surface area contributed by atoms with Gasteiger partial charge in [-0.1, -0.05) is 31.0 Å². The van der Waals surface area contributed by atoms with Crippen LogP contribution in [0.25, 0.3) is 0 Å². The maximum atomic E-state index is 9.19. The minimum atomic E-state index is 0.414. The highest BCUT2D eigenvalue weighted by Gasteiger charge is 2.34. The molecule has 0 N–H and O–H groups in total. The number of fused-ring (bicyclic) bond motifs is 1. The van der Waals surface area contributed by atoms with Gasteiger partial charge < -0.3 is 4.74 Å². The van der Waals surface area contributed by atoms with E-state index in [9.17, 15) is 5.26 Å². The summed E-state index contributed by atoms with van der Waals surface area (Å²) in [7, 11) is 0. The molecule has 0 amide bonds. The van der Waals surface area contributed by atoms with Gasteiger partial charge in [-0.2, -0.15) is 5.26 Å². The van der Waals surface area contributed by atoms with Gasteiger partial charge in [-0.15, -0.1) is 0 Å². The first-order valence-corrected chi connectivity index (χ1v) is 7.22. The molecular weight excluding hydrogens is 236 g/mol. The fraction of sp³-hybridized carbons (Fsp3) is 0.562. The second kappa shape index (κ2) is 5.73. The molecule has 1 saturated heterocycles. The first kappa shape index (κ1) is 12.7.